The van der Waals surface area contributed by atoms with E-state index in [1.807, 2.05) is 46.7 Å². The molecule has 2 aromatic heterocycles. The Balaban J connectivity index is 0.00000280. The van der Waals surface area contributed by atoms with E-state index in [1.165, 1.54) is 5.56 Å². The van der Waals surface area contributed by atoms with Gasteiger partial charge >= 0.3 is 0 Å². The summed E-state index contributed by atoms with van der Waals surface area (Å²) in [7, 11) is 1.79. The van der Waals surface area contributed by atoms with Crippen LogP contribution in [0.1, 0.15) is 23.4 Å². The first-order valence-corrected chi connectivity index (χ1v) is 9.21. The molecular formula is C20H28IN7. The molecule has 0 radical (unpaired) electrons. The smallest absolute Gasteiger partial charge is 0.191 e. The predicted octanol–water partition coefficient (Wildman–Crippen LogP) is 3.06. The Kier molecular flexibility index (Phi) is 8.49. The number of nitrogens with zero attached hydrogens (tertiary/aromatic N) is 5. The molecule has 2 heterocycles. The van der Waals surface area contributed by atoms with Crippen LogP contribution in [0.2, 0.25) is 0 Å². The van der Waals surface area contributed by atoms with E-state index in [-0.39, 0.29) is 24.0 Å². The summed E-state index contributed by atoms with van der Waals surface area (Å²) in [4.78, 5) is 4.31. The summed E-state index contributed by atoms with van der Waals surface area (Å²) < 4.78 is 3.93. The van der Waals surface area contributed by atoms with Crippen LogP contribution in [0.15, 0.2) is 53.8 Å². The third-order valence-electron chi connectivity index (χ3n) is 4.51. The minimum absolute atomic E-state index is 0. The zero-order valence-corrected chi connectivity index (χ0v) is 18.9. The van der Waals surface area contributed by atoms with Crippen molar-refractivity contribution in [3.8, 4) is 5.69 Å². The Morgan fingerprint density at radius 2 is 1.89 bits per heavy atom. The maximum atomic E-state index is 4.69. The fourth-order valence-electron chi connectivity index (χ4n) is 3.02. The molecule has 3 rings (SSSR count). The van der Waals surface area contributed by atoms with Gasteiger partial charge in [0.15, 0.2) is 5.96 Å². The number of nitrogens with one attached hydrogen (secondary N) is 2. The number of aliphatic imine (C=N–C) groups is 1. The fraction of sp³-hybridized carbons (Fsp3) is 0.350. The van der Waals surface area contributed by atoms with E-state index < -0.39 is 0 Å². The molecule has 2 N–H and O–H groups in total. The molecule has 3 aromatic rings. The van der Waals surface area contributed by atoms with Crippen LogP contribution in [0.4, 0.5) is 0 Å². The number of rotatable bonds is 7. The minimum Gasteiger partial charge on any atom is -0.356 e. The Morgan fingerprint density at radius 1 is 1.11 bits per heavy atom. The number of guanidine groups is 1. The monoisotopic (exact) mass is 493 g/mol. The van der Waals surface area contributed by atoms with Gasteiger partial charge < -0.3 is 10.6 Å². The Hall–Kier alpha value is -2.36. The van der Waals surface area contributed by atoms with Gasteiger partial charge in [0.1, 0.15) is 0 Å². The van der Waals surface area contributed by atoms with Gasteiger partial charge in [-0.1, -0.05) is 18.2 Å². The molecule has 0 atom stereocenters. The van der Waals surface area contributed by atoms with Gasteiger partial charge in [-0.2, -0.15) is 10.2 Å². The van der Waals surface area contributed by atoms with E-state index in [1.54, 1.807) is 13.2 Å². The standard InChI is InChI=1S/C20H27N7.HI/c1-16-19(17(2)27(25-16)18-9-5-4-6-10-18)15-23-20(21-3)22-11-7-13-26-14-8-12-24-26;/h4-6,8-10,12,14H,7,11,13,15H2,1-3H3,(H2,21,22,23);1H. The molecule has 0 bridgehead atoms. The van der Waals surface area contributed by atoms with Crippen molar-refractivity contribution in [1.29, 1.82) is 0 Å². The van der Waals surface area contributed by atoms with Crippen LogP contribution in [-0.4, -0.2) is 39.1 Å². The zero-order chi connectivity index (χ0) is 19.1. The molecule has 0 amide bonds. The number of halogens is 1. The molecule has 0 saturated carbocycles. The van der Waals surface area contributed by atoms with Crippen molar-refractivity contribution in [2.24, 2.45) is 4.99 Å². The molecule has 0 fully saturated rings. The van der Waals surface area contributed by atoms with Crippen LogP contribution >= 0.6 is 24.0 Å². The van der Waals surface area contributed by atoms with Crippen molar-refractivity contribution in [2.45, 2.75) is 33.4 Å². The molecule has 0 aliphatic carbocycles. The molecule has 1 aromatic carbocycles. The van der Waals surface area contributed by atoms with Crippen LogP contribution in [0.5, 0.6) is 0 Å². The Morgan fingerprint density at radius 3 is 2.57 bits per heavy atom. The Labute approximate surface area is 183 Å². The van der Waals surface area contributed by atoms with Crippen molar-refractivity contribution in [2.75, 3.05) is 13.6 Å². The summed E-state index contributed by atoms with van der Waals surface area (Å²) in [5, 5.41) is 15.6. The molecule has 7 nitrogen and oxygen atoms in total. The first-order valence-electron chi connectivity index (χ1n) is 9.21. The molecule has 0 aliphatic rings. The summed E-state index contributed by atoms with van der Waals surface area (Å²) >= 11 is 0. The highest BCUT2D eigenvalue weighted by Gasteiger charge is 2.13. The van der Waals surface area contributed by atoms with E-state index in [0.29, 0.717) is 6.54 Å². The highest BCUT2D eigenvalue weighted by Crippen LogP contribution is 2.17. The number of aryl methyl sites for hydroxylation is 2. The van der Waals surface area contributed by atoms with Gasteiger partial charge in [-0.25, -0.2) is 4.68 Å². The average molecular weight is 493 g/mol. The summed E-state index contributed by atoms with van der Waals surface area (Å²) in [6.45, 7) is 6.55. The number of benzene rings is 1. The van der Waals surface area contributed by atoms with Gasteiger partial charge in [0, 0.05) is 50.3 Å². The lowest BCUT2D eigenvalue weighted by Gasteiger charge is -2.12. The maximum Gasteiger partial charge on any atom is 0.191 e. The molecule has 0 aliphatic heterocycles. The van der Waals surface area contributed by atoms with Crippen molar-refractivity contribution in [3.05, 3.63) is 65.7 Å². The second-order valence-electron chi connectivity index (χ2n) is 6.37. The first kappa shape index (κ1) is 21.9. The van der Waals surface area contributed by atoms with Gasteiger partial charge in [-0.3, -0.25) is 9.67 Å². The van der Waals surface area contributed by atoms with Gasteiger partial charge in [0.05, 0.1) is 11.4 Å². The van der Waals surface area contributed by atoms with Crippen molar-refractivity contribution >= 4 is 29.9 Å². The lowest BCUT2D eigenvalue weighted by Crippen LogP contribution is -2.37. The molecule has 150 valence electrons. The van der Waals surface area contributed by atoms with E-state index >= 15 is 0 Å². The SMILES string of the molecule is CN=C(NCCCn1cccn1)NCc1c(C)nn(-c2ccccc2)c1C.I. The minimum atomic E-state index is 0. The molecule has 28 heavy (non-hydrogen) atoms. The summed E-state index contributed by atoms with van der Waals surface area (Å²) in [6.07, 6.45) is 4.75. The normalized spacial score (nSPS) is 11.2. The number of aromatic nitrogens is 4. The Bertz CT molecular complexity index is 870. The maximum absolute atomic E-state index is 4.69. The van der Waals surface area contributed by atoms with Crippen molar-refractivity contribution < 1.29 is 0 Å². The van der Waals surface area contributed by atoms with Gasteiger partial charge in [0.2, 0.25) is 0 Å². The first-order chi connectivity index (χ1) is 13.2. The van der Waals surface area contributed by atoms with E-state index in [9.17, 15) is 0 Å². The van der Waals surface area contributed by atoms with Crippen molar-refractivity contribution in [1.82, 2.24) is 30.2 Å². The van der Waals surface area contributed by atoms with E-state index in [2.05, 4.69) is 39.8 Å². The van der Waals surface area contributed by atoms with Crippen LogP contribution in [0.25, 0.3) is 5.69 Å². The quantitative estimate of drug-likeness (QED) is 0.230. The van der Waals surface area contributed by atoms with Gasteiger partial charge in [-0.15, -0.1) is 24.0 Å². The van der Waals surface area contributed by atoms with Crippen molar-refractivity contribution in [3.63, 3.8) is 0 Å². The average Bonchev–Trinajstić information content (AvgIpc) is 3.30. The van der Waals surface area contributed by atoms with Gasteiger partial charge in [-0.05, 0) is 38.5 Å². The summed E-state index contributed by atoms with van der Waals surface area (Å²) in [6, 6.07) is 12.1. The van der Waals surface area contributed by atoms with Crippen LogP contribution in [0.3, 0.4) is 0 Å². The lowest BCUT2D eigenvalue weighted by molar-refractivity contribution is 0.570. The van der Waals surface area contributed by atoms with E-state index in [0.717, 1.165) is 42.5 Å². The number of hydrogen-bond donors (Lipinski definition) is 2. The van der Waals surface area contributed by atoms with Gasteiger partial charge in [0.25, 0.3) is 0 Å². The molecule has 0 unspecified atom stereocenters. The largest absolute Gasteiger partial charge is 0.356 e. The van der Waals surface area contributed by atoms with E-state index in [4.69, 9.17) is 5.10 Å². The molecular weight excluding hydrogens is 465 g/mol. The molecule has 8 heteroatoms. The highest BCUT2D eigenvalue weighted by atomic mass is 127. The van der Waals surface area contributed by atoms with Crippen LogP contribution < -0.4 is 10.6 Å². The lowest BCUT2D eigenvalue weighted by atomic mass is 10.2. The second kappa shape index (κ2) is 10.8. The molecule has 0 spiro atoms. The topological polar surface area (TPSA) is 72.1 Å². The number of hydrogen-bond acceptors (Lipinski definition) is 3. The third kappa shape index (κ3) is 5.57. The summed E-state index contributed by atoms with van der Waals surface area (Å²) in [5.41, 5.74) is 4.43. The molecule has 0 saturated heterocycles. The summed E-state index contributed by atoms with van der Waals surface area (Å²) in [5.74, 6) is 0.793. The third-order valence-corrected chi connectivity index (χ3v) is 4.51. The van der Waals surface area contributed by atoms with Crippen LogP contribution in [-0.2, 0) is 13.1 Å². The van der Waals surface area contributed by atoms with Crippen LogP contribution in [0, 0.1) is 13.8 Å². The zero-order valence-electron chi connectivity index (χ0n) is 16.6. The predicted molar refractivity (Wildman–Crippen MR) is 123 cm³/mol. The second-order valence-corrected chi connectivity index (χ2v) is 6.37. The highest BCUT2D eigenvalue weighted by molar-refractivity contribution is 14.0. The number of para-hydroxylation sites is 1. The fourth-order valence-corrected chi connectivity index (χ4v) is 3.02.